The maximum Gasteiger partial charge on any atom is 0.270 e. The minimum atomic E-state index is -0.533. The number of hydrogen-bond acceptors (Lipinski definition) is 3. The molecule has 2 fully saturated rings. The Labute approximate surface area is 124 Å². The summed E-state index contributed by atoms with van der Waals surface area (Å²) in [6.07, 6.45) is 3.83. The van der Waals surface area contributed by atoms with Gasteiger partial charge in [-0.3, -0.25) is 14.2 Å². The SMILES string of the molecule is Cc1cc(Br)c(=O)n2c1C(=O)NC21CC2CCC(C1)N2. The van der Waals surface area contributed by atoms with Crippen LogP contribution in [-0.2, 0) is 5.66 Å². The first-order chi connectivity index (χ1) is 9.50. The lowest BCUT2D eigenvalue weighted by Gasteiger charge is -2.39. The minimum absolute atomic E-state index is 0.106. The number of pyridine rings is 1. The molecule has 1 aromatic rings. The van der Waals surface area contributed by atoms with Gasteiger partial charge in [-0.25, -0.2) is 0 Å². The monoisotopic (exact) mass is 337 g/mol. The molecule has 4 heterocycles. The van der Waals surface area contributed by atoms with E-state index in [1.807, 2.05) is 6.92 Å². The van der Waals surface area contributed by atoms with Gasteiger partial charge in [-0.15, -0.1) is 0 Å². The highest BCUT2D eigenvalue weighted by Gasteiger charge is 2.51. The molecule has 1 aromatic heterocycles. The summed E-state index contributed by atoms with van der Waals surface area (Å²) in [6.45, 7) is 1.88. The van der Waals surface area contributed by atoms with Crippen LogP contribution in [0.25, 0.3) is 0 Å². The Morgan fingerprint density at radius 2 is 1.95 bits per heavy atom. The van der Waals surface area contributed by atoms with E-state index in [1.54, 1.807) is 10.6 Å². The summed E-state index contributed by atoms with van der Waals surface area (Å²) in [7, 11) is 0. The van der Waals surface area contributed by atoms with Crippen molar-refractivity contribution in [2.75, 3.05) is 0 Å². The van der Waals surface area contributed by atoms with Gasteiger partial charge >= 0.3 is 0 Å². The van der Waals surface area contributed by atoms with Gasteiger partial charge in [0.2, 0.25) is 0 Å². The van der Waals surface area contributed by atoms with Gasteiger partial charge in [0, 0.05) is 24.9 Å². The highest BCUT2D eigenvalue weighted by Crippen LogP contribution is 2.40. The third-order valence-corrected chi connectivity index (χ3v) is 5.41. The van der Waals surface area contributed by atoms with Crippen LogP contribution in [0.15, 0.2) is 15.3 Å². The molecule has 2 atom stereocenters. The molecular weight excluding hydrogens is 322 g/mol. The first-order valence-electron chi connectivity index (χ1n) is 7.01. The molecule has 0 aliphatic carbocycles. The average molecular weight is 338 g/mol. The summed E-state index contributed by atoms with van der Waals surface area (Å²) in [6, 6.07) is 2.53. The summed E-state index contributed by atoms with van der Waals surface area (Å²) in [4.78, 5) is 24.9. The Morgan fingerprint density at radius 1 is 1.30 bits per heavy atom. The molecule has 0 saturated carbocycles. The summed E-state index contributed by atoms with van der Waals surface area (Å²) in [5.41, 5.74) is 0.733. The van der Waals surface area contributed by atoms with Crippen molar-refractivity contribution in [2.45, 2.75) is 50.4 Å². The van der Waals surface area contributed by atoms with E-state index in [4.69, 9.17) is 0 Å². The molecule has 2 bridgehead atoms. The Kier molecular flexibility index (Phi) is 2.49. The second-order valence-electron chi connectivity index (χ2n) is 6.20. The summed E-state index contributed by atoms with van der Waals surface area (Å²) in [5, 5.41) is 6.66. The lowest BCUT2D eigenvalue weighted by atomic mass is 9.92. The van der Waals surface area contributed by atoms with Crippen molar-refractivity contribution < 1.29 is 4.79 Å². The Bertz CT molecular complexity index is 670. The predicted octanol–water partition coefficient (Wildman–Crippen LogP) is 1.23. The number of fused-ring (bicyclic) bond motifs is 4. The fraction of sp³-hybridized carbons (Fsp3) is 0.571. The van der Waals surface area contributed by atoms with Crippen molar-refractivity contribution in [1.29, 1.82) is 0 Å². The van der Waals surface area contributed by atoms with Gasteiger partial charge in [0.1, 0.15) is 11.4 Å². The predicted molar refractivity (Wildman–Crippen MR) is 77.8 cm³/mol. The van der Waals surface area contributed by atoms with Crippen LogP contribution in [0.3, 0.4) is 0 Å². The molecule has 2 N–H and O–H groups in total. The fourth-order valence-electron chi connectivity index (χ4n) is 4.13. The van der Waals surface area contributed by atoms with Gasteiger partial charge in [-0.2, -0.15) is 0 Å². The van der Waals surface area contributed by atoms with E-state index in [-0.39, 0.29) is 11.5 Å². The fourth-order valence-corrected chi connectivity index (χ4v) is 4.65. The van der Waals surface area contributed by atoms with E-state index in [0.29, 0.717) is 22.3 Å². The number of carbonyl (C=O) groups excluding carboxylic acids is 1. The topological polar surface area (TPSA) is 63.1 Å². The lowest BCUT2D eigenvalue weighted by Crippen LogP contribution is -2.57. The number of nitrogens with one attached hydrogen (secondary N) is 2. The minimum Gasteiger partial charge on any atom is -0.327 e. The first kappa shape index (κ1) is 12.6. The molecule has 5 nitrogen and oxygen atoms in total. The zero-order valence-corrected chi connectivity index (χ0v) is 12.8. The maximum atomic E-state index is 12.6. The van der Waals surface area contributed by atoms with Gasteiger partial charge in [-0.1, -0.05) is 0 Å². The van der Waals surface area contributed by atoms with Crippen molar-refractivity contribution in [2.24, 2.45) is 0 Å². The molecule has 1 amide bonds. The highest BCUT2D eigenvalue weighted by atomic mass is 79.9. The zero-order valence-electron chi connectivity index (χ0n) is 11.2. The standard InChI is InChI=1S/C14H16BrN3O2/c1-7-4-10(15)13(20)18-11(7)12(19)17-14(18)5-8-2-3-9(6-14)16-8/h4,8-9,16H,2-3,5-6H2,1H3,(H,17,19). The van der Waals surface area contributed by atoms with Crippen LogP contribution in [0, 0.1) is 6.92 Å². The van der Waals surface area contributed by atoms with Crippen LogP contribution in [0.5, 0.6) is 0 Å². The lowest BCUT2D eigenvalue weighted by molar-refractivity contribution is 0.0851. The van der Waals surface area contributed by atoms with Crippen LogP contribution in [-0.4, -0.2) is 22.6 Å². The molecule has 2 saturated heterocycles. The Hall–Kier alpha value is -1.14. The first-order valence-corrected chi connectivity index (χ1v) is 7.81. The third kappa shape index (κ3) is 1.52. The van der Waals surface area contributed by atoms with Crippen molar-refractivity contribution in [3.63, 3.8) is 0 Å². The van der Waals surface area contributed by atoms with Gasteiger partial charge < -0.3 is 10.6 Å². The van der Waals surface area contributed by atoms with Crippen molar-refractivity contribution >= 4 is 21.8 Å². The Morgan fingerprint density at radius 3 is 2.60 bits per heavy atom. The molecule has 106 valence electrons. The van der Waals surface area contributed by atoms with Crippen molar-refractivity contribution in [3.05, 3.63) is 32.2 Å². The van der Waals surface area contributed by atoms with Gasteiger partial charge in [-0.05, 0) is 47.3 Å². The van der Waals surface area contributed by atoms with E-state index in [0.717, 1.165) is 31.2 Å². The van der Waals surface area contributed by atoms with Gasteiger partial charge in [0.25, 0.3) is 11.5 Å². The van der Waals surface area contributed by atoms with E-state index in [2.05, 4.69) is 26.6 Å². The van der Waals surface area contributed by atoms with E-state index < -0.39 is 5.66 Å². The number of rotatable bonds is 0. The number of halogens is 1. The molecule has 3 aliphatic heterocycles. The van der Waals surface area contributed by atoms with Crippen LogP contribution >= 0.6 is 15.9 Å². The Balaban J connectivity index is 1.96. The summed E-state index contributed by atoms with van der Waals surface area (Å²) < 4.78 is 2.24. The molecular formula is C14H16BrN3O2. The van der Waals surface area contributed by atoms with Crippen molar-refractivity contribution in [3.8, 4) is 0 Å². The smallest absolute Gasteiger partial charge is 0.270 e. The molecule has 4 rings (SSSR count). The van der Waals surface area contributed by atoms with E-state index >= 15 is 0 Å². The normalized spacial score (nSPS) is 34.4. The van der Waals surface area contributed by atoms with Crippen LogP contribution in [0.1, 0.15) is 41.7 Å². The molecule has 1 spiro atoms. The number of nitrogens with zero attached hydrogens (tertiary/aromatic N) is 1. The van der Waals surface area contributed by atoms with Crippen molar-refractivity contribution in [1.82, 2.24) is 15.2 Å². The largest absolute Gasteiger partial charge is 0.327 e. The number of carbonyl (C=O) groups is 1. The van der Waals surface area contributed by atoms with Crippen LogP contribution in [0.2, 0.25) is 0 Å². The molecule has 2 unspecified atom stereocenters. The number of amides is 1. The van der Waals surface area contributed by atoms with Gasteiger partial charge in [0.05, 0.1) is 4.47 Å². The second kappa shape index (κ2) is 3.95. The van der Waals surface area contributed by atoms with Gasteiger partial charge in [0.15, 0.2) is 0 Å². The number of hydrogen-bond donors (Lipinski definition) is 2. The zero-order chi connectivity index (χ0) is 14.1. The van der Waals surface area contributed by atoms with Crippen LogP contribution < -0.4 is 16.2 Å². The van der Waals surface area contributed by atoms with Crippen LogP contribution in [0.4, 0.5) is 0 Å². The quantitative estimate of drug-likeness (QED) is 0.748. The third-order valence-electron chi connectivity index (χ3n) is 4.84. The molecule has 6 heteroatoms. The molecule has 0 radical (unpaired) electrons. The number of aromatic nitrogens is 1. The van der Waals surface area contributed by atoms with E-state index in [1.165, 1.54) is 0 Å². The molecule has 3 aliphatic rings. The molecule has 0 aromatic carbocycles. The number of piperidine rings is 1. The summed E-state index contributed by atoms with van der Waals surface area (Å²) >= 11 is 3.33. The van der Waals surface area contributed by atoms with E-state index in [9.17, 15) is 9.59 Å². The average Bonchev–Trinajstić information content (AvgIpc) is 2.85. The maximum absolute atomic E-state index is 12.6. The second-order valence-corrected chi connectivity index (χ2v) is 7.05. The highest BCUT2D eigenvalue weighted by molar-refractivity contribution is 9.10. The number of aryl methyl sites for hydroxylation is 1. The summed E-state index contributed by atoms with van der Waals surface area (Å²) in [5.74, 6) is -0.117. The molecule has 20 heavy (non-hydrogen) atoms.